The normalized spacial score (nSPS) is 12.4. The first-order valence-electron chi connectivity index (χ1n) is 6.00. The monoisotopic (exact) mass is 295 g/mol. The van der Waals surface area contributed by atoms with Crippen molar-refractivity contribution < 1.29 is 4.39 Å². The van der Waals surface area contributed by atoms with E-state index >= 15 is 0 Å². The molecule has 0 saturated carbocycles. The van der Waals surface area contributed by atoms with Gasteiger partial charge in [-0.05, 0) is 49.0 Å². The fourth-order valence-corrected chi connectivity index (χ4v) is 3.03. The predicted octanol–water partition coefficient (Wildman–Crippen LogP) is 4.53. The van der Waals surface area contributed by atoms with Crippen molar-refractivity contribution in [2.45, 2.75) is 10.9 Å². The van der Waals surface area contributed by atoms with Crippen molar-refractivity contribution >= 4 is 23.4 Å². The van der Waals surface area contributed by atoms with Crippen molar-refractivity contribution in [3.63, 3.8) is 0 Å². The van der Waals surface area contributed by atoms with Gasteiger partial charge in [0, 0.05) is 21.7 Å². The fraction of sp³-hybridized carbons (Fsp3) is 0.200. The van der Waals surface area contributed by atoms with Gasteiger partial charge >= 0.3 is 0 Å². The van der Waals surface area contributed by atoms with Gasteiger partial charge in [-0.25, -0.2) is 4.39 Å². The van der Waals surface area contributed by atoms with E-state index < -0.39 is 0 Å². The number of hydrogen-bond acceptors (Lipinski definition) is 2. The zero-order valence-corrected chi connectivity index (χ0v) is 12.1. The minimum atomic E-state index is -0.204. The summed E-state index contributed by atoms with van der Waals surface area (Å²) >= 11 is 7.69. The Morgan fingerprint density at radius 2 is 1.95 bits per heavy atom. The second kappa shape index (κ2) is 6.94. The maximum absolute atomic E-state index is 12.8. The van der Waals surface area contributed by atoms with E-state index in [9.17, 15) is 4.39 Å². The summed E-state index contributed by atoms with van der Waals surface area (Å²) < 4.78 is 12.8. The Hall–Kier alpha value is -1.03. The lowest BCUT2D eigenvalue weighted by Crippen LogP contribution is -2.18. The SMILES string of the molecule is CNC(CSc1ccc(F)cc1)c1cccc(Cl)c1. The molecule has 1 N–H and O–H groups in total. The van der Waals surface area contributed by atoms with Crippen LogP contribution in [-0.2, 0) is 0 Å². The Morgan fingerprint density at radius 1 is 1.21 bits per heavy atom. The molecular formula is C15H15ClFNS. The Morgan fingerprint density at radius 3 is 2.58 bits per heavy atom. The van der Waals surface area contributed by atoms with E-state index in [2.05, 4.69) is 11.4 Å². The molecule has 0 amide bonds. The average Bonchev–Trinajstić information content (AvgIpc) is 2.42. The molecule has 0 saturated heterocycles. The number of benzene rings is 2. The largest absolute Gasteiger partial charge is 0.312 e. The van der Waals surface area contributed by atoms with Crippen LogP contribution in [0.1, 0.15) is 11.6 Å². The van der Waals surface area contributed by atoms with Crippen LogP contribution < -0.4 is 5.32 Å². The molecule has 0 aromatic heterocycles. The molecular weight excluding hydrogens is 281 g/mol. The highest BCUT2D eigenvalue weighted by Crippen LogP contribution is 2.26. The second-order valence-electron chi connectivity index (χ2n) is 4.16. The molecule has 1 unspecified atom stereocenters. The summed E-state index contributed by atoms with van der Waals surface area (Å²) in [6.07, 6.45) is 0. The molecule has 100 valence electrons. The van der Waals surface area contributed by atoms with Gasteiger partial charge in [0.2, 0.25) is 0 Å². The standard InChI is InChI=1S/C15H15ClFNS/c1-18-15(11-3-2-4-12(16)9-11)10-19-14-7-5-13(17)6-8-14/h2-9,15,18H,10H2,1H3. The third-order valence-corrected chi connectivity index (χ3v) is 4.17. The van der Waals surface area contributed by atoms with Gasteiger partial charge < -0.3 is 5.32 Å². The van der Waals surface area contributed by atoms with Gasteiger partial charge in [0.25, 0.3) is 0 Å². The van der Waals surface area contributed by atoms with Crippen LogP contribution in [0.5, 0.6) is 0 Å². The Kier molecular flexibility index (Phi) is 5.25. The minimum Gasteiger partial charge on any atom is -0.312 e. The molecule has 0 bridgehead atoms. The summed E-state index contributed by atoms with van der Waals surface area (Å²) in [6.45, 7) is 0. The van der Waals surface area contributed by atoms with Crippen LogP contribution in [-0.4, -0.2) is 12.8 Å². The van der Waals surface area contributed by atoms with E-state index in [1.807, 2.05) is 25.2 Å². The number of halogens is 2. The molecule has 19 heavy (non-hydrogen) atoms. The smallest absolute Gasteiger partial charge is 0.123 e. The highest BCUT2D eigenvalue weighted by atomic mass is 35.5. The van der Waals surface area contributed by atoms with Crippen molar-refractivity contribution in [3.05, 3.63) is 64.9 Å². The quantitative estimate of drug-likeness (QED) is 0.813. The molecule has 0 radical (unpaired) electrons. The lowest BCUT2D eigenvalue weighted by molar-refractivity contribution is 0.626. The van der Waals surface area contributed by atoms with E-state index in [1.165, 1.54) is 12.1 Å². The Balaban J connectivity index is 2.01. The number of hydrogen-bond donors (Lipinski definition) is 1. The highest BCUT2D eigenvalue weighted by Gasteiger charge is 2.10. The molecule has 4 heteroatoms. The van der Waals surface area contributed by atoms with Crippen LogP contribution in [0.3, 0.4) is 0 Å². The van der Waals surface area contributed by atoms with Gasteiger partial charge in [0.15, 0.2) is 0 Å². The van der Waals surface area contributed by atoms with Crippen molar-refractivity contribution in [1.82, 2.24) is 5.32 Å². The maximum atomic E-state index is 12.8. The molecule has 1 nitrogen and oxygen atoms in total. The summed E-state index contributed by atoms with van der Waals surface area (Å²) in [7, 11) is 1.93. The predicted molar refractivity (Wildman–Crippen MR) is 80.4 cm³/mol. The van der Waals surface area contributed by atoms with Gasteiger partial charge in [0.1, 0.15) is 5.82 Å². The third-order valence-electron chi connectivity index (χ3n) is 2.83. The molecule has 2 aromatic carbocycles. The summed E-state index contributed by atoms with van der Waals surface area (Å²) in [4.78, 5) is 1.06. The molecule has 0 heterocycles. The summed E-state index contributed by atoms with van der Waals surface area (Å²) in [6, 6.07) is 14.6. The lowest BCUT2D eigenvalue weighted by Gasteiger charge is -2.16. The first-order chi connectivity index (χ1) is 9.19. The van der Waals surface area contributed by atoms with Crippen molar-refractivity contribution in [1.29, 1.82) is 0 Å². The van der Waals surface area contributed by atoms with E-state index in [1.54, 1.807) is 23.9 Å². The fourth-order valence-electron chi connectivity index (χ4n) is 1.78. The molecule has 1 atom stereocenters. The lowest BCUT2D eigenvalue weighted by atomic mass is 10.1. The van der Waals surface area contributed by atoms with Gasteiger partial charge in [-0.2, -0.15) is 0 Å². The van der Waals surface area contributed by atoms with E-state index in [0.29, 0.717) is 0 Å². The molecule has 0 aliphatic rings. The van der Waals surface area contributed by atoms with E-state index in [4.69, 9.17) is 11.6 Å². The molecule has 0 fully saturated rings. The van der Waals surface area contributed by atoms with E-state index in [-0.39, 0.29) is 11.9 Å². The van der Waals surface area contributed by atoms with Crippen molar-refractivity contribution in [2.75, 3.05) is 12.8 Å². The topological polar surface area (TPSA) is 12.0 Å². The molecule has 2 aromatic rings. The maximum Gasteiger partial charge on any atom is 0.123 e. The molecule has 0 spiro atoms. The zero-order chi connectivity index (χ0) is 13.7. The van der Waals surface area contributed by atoms with Crippen molar-refractivity contribution in [3.8, 4) is 0 Å². The van der Waals surface area contributed by atoms with Gasteiger partial charge in [-0.15, -0.1) is 11.8 Å². The molecule has 2 rings (SSSR count). The Bertz CT molecular complexity index is 530. The van der Waals surface area contributed by atoms with Crippen LogP contribution in [0.4, 0.5) is 4.39 Å². The number of thioether (sulfide) groups is 1. The van der Waals surface area contributed by atoms with Crippen LogP contribution in [0.2, 0.25) is 5.02 Å². The molecule has 0 aliphatic heterocycles. The van der Waals surface area contributed by atoms with Crippen LogP contribution >= 0.6 is 23.4 Å². The van der Waals surface area contributed by atoms with Gasteiger partial charge in [-0.1, -0.05) is 23.7 Å². The van der Waals surface area contributed by atoms with E-state index in [0.717, 1.165) is 21.2 Å². The zero-order valence-electron chi connectivity index (χ0n) is 10.6. The first kappa shape index (κ1) is 14.4. The molecule has 0 aliphatic carbocycles. The van der Waals surface area contributed by atoms with Gasteiger partial charge in [0.05, 0.1) is 0 Å². The first-order valence-corrected chi connectivity index (χ1v) is 7.36. The van der Waals surface area contributed by atoms with Crippen LogP contribution in [0, 0.1) is 5.82 Å². The number of rotatable bonds is 5. The summed E-state index contributed by atoms with van der Waals surface area (Å²) in [5.41, 5.74) is 1.16. The van der Waals surface area contributed by atoms with Gasteiger partial charge in [-0.3, -0.25) is 0 Å². The summed E-state index contributed by atoms with van der Waals surface area (Å²) in [5.74, 6) is 0.659. The van der Waals surface area contributed by atoms with Crippen molar-refractivity contribution in [2.24, 2.45) is 0 Å². The Labute approximate surface area is 122 Å². The van der Waals surface area contributed by atoms with Crippen LogP contribution in [0.15, 0.2) is 53.4 Å². The minimum absolute atomic E-state index is 0.204. The second-order valence-corrected chi connectivity index (χ2v) is 5.69. The number of nitrogens with one attached hydrogen (secondary N) is 1. The highest BCUT2D eigenvalue weighted by molar-refractivity contribution is 7.99. The van der Waals surface area contributed by atoms with Crippen LogP contribution in [0.25, 0.3) is 0 Å². The third kappa shape index (κ3) is 4.23. The summed E-state index contributed by atoms with van der Waals surface area (Å²) in [5, 5.41) is 4.01. The average molecular weight is 296 g/mol.